The number of likely N-dealkylation sites (tertiary alicyclic amines) is 1. The second kappa shape index (κ2) is 13.4. The monoisotopic (exact) mass is 354 g/mol. The molecule has 0 aromatic heterocycles. The molecule has 2 fully saturated rings. The highest BCUT2D eigenvalue weighted by Gasteiger charge is 2.14. The van der Waals surface area contributed by atoms with Gasteiger partial charge in [0.25, 0.3) is 0 Å². The lowest BCUT2D eigenvalue weighted by atomic mass is 10.2. The van der Waals surface area contributed by atoms with Crippen molar-refractivity contribution < 1.29 is 9.47 Å². The van der Waals surface area contributed by atoms with Gasteiger partial charge in [-0.15, -0.1) is 0 Å². The van der Waals surface area contributed by atoms with Crippen LogP contribution in [-0.4, -0.2) is 76.1 Å². The van der Waals surface area contributed by atoms with Gasteiger partial charge in [-0.3, -0.25) is 4.99 Å². The lowest BCUT2D eigenvalue weighted by Gasteiger charge is -2.15. The van der Waals surface area contributed by atoms with E-state index in [1.807, 2.05) is 0 Å². The highest BCUT2D eigenvalue weighted by atomic mass is 16.5. The van der Waals surface area contributed by atoms with Gasteiger partial charge in [0.1, 0.15) is 0 Å². The molecule has 0 aromatic carbocycles. The number of guanidine groups is 1. The number of nitrogens with zero attached hydrogens (tertiary/aromatic N) is 2. The third-order valence-electron chi connectivity index (χ3n) is 4.78. The van der Waals surface area contributed by atoms with Gasteiger partial charge in [-0.25, -0.2) is 0 Å². The third-order valence-corrected chi connectivity index (χ3v) is 4.78. The normalized spacial score (nSPS) is 21.8. The summed E-state index contributed by atoms with van der Waals surface area (Å²) in [7, 11) is 0. The quantitative estimate of drug-likeness (QED) is 0.319. The summed E-state index contributed by atoms with van der Waals surface area (Å²) in [5.41, 5.74) is 0. The van der Waals surface area contributed by atoms with Crippen LogP contribution in [0.5, 0.6) is 0 Å². The lowest BCUT2D eigenvalue weighted by Crippen LogP contribution is -2.38. The Morgan fingerprint density at radius 2 is 2.04 bits per heavy atom. The average Bonchev–Trinajstić information content (AvgIpc) is 3.31. The van der Waals surface area contributed by atoms with Crippen LogP contribution in [0.15, 0.2) is 4.99 Å². The molecule has 0 aromatic rings. The summed E-state index contributed by atoms with van der Waals surface area (Å²) in [5.74, 6) is 0.933. The van der Waals surface area contributed by atoms with Crippen molar-refractivity contribution in [3.8, 4) is 0 Å². The summed E-state index contributed by atoms with van der Waals surface area (Å²) in [6, 6.07) is 0. The molecule has 6 nitrogen and oxygen atoms in total. The fourth-order valence-corrected chi connectivity index (χ4v) is 3.36. The fourth-order valence-electron chi connectivity index (χ4n) is 3.36. The minimum atomic E-state index is 0.322. The maximum Gasteiger partial charge on any atom is 0.191 e. The van der Waals surface area contributed by atoms with Crippen LogP contribution in [0.1, 0.15) is 51.9 Å². The van der Waals surface area contributed by atoms with Gasteiger partial charge in [0.2, 0.25) is 0 Å². The number of nitrogens with one attached hydrogen (secondary N) is 2. The second-order valence-electron chi connectivity index (χ2n) is 7.01. The zero-order valence-corrected chi connectivity index (χ0v) is 16.1. The molecule has 1 unspecified atom stereocenters. The molecule has 2 heterocycles. The van der Waals surface area contributed by atoms with E-state index in [0.29, 0.717) is 6.10 Å². The van der Waals surface area contributed by atoms with E-state index in [9.17, 15) is 0 Å². The maximum atomic E-state index is 5.68. The van der Waals surface area contributed by atoms with E-state index >= 15 is 0 Å². The van der Waals surface area contributed by atoms with E-state index in [0.717, 1.165) is 58.3 Å². The van der Waals surface area contributed by atoms with Crippen molar-refractivity contribution >= 4 is 5.96 Å². The van der Waals surface area contributed by atoms with Crippen LogP contribution in [0, 0.1) is 0 Å². The van der Waals surface area contributed by atoms with Crippen molar-refractivity contribution in [3.05, 3.63) is 0 Å². The first-order valence-corrected chi connectivity index (χ1v) is 10.3. The van der Waals surface area contributed by atoms with Crippen molar-refractivity contribution in [2.75, 3.05) is 59.1 Å². The number of rotatable bonds is 12. The second-order valence-corrected chi connectivity index (χ2v) is 7.01. The molecule has 2 N–H and O–H groups in total. The summed E-state index contributed by atoms with van der Waals surface area (Å²) in [5, 5.41) is 6.76. The largest absolute Gasteiger partial charge is 0.379 e. The molecule has 2 saturated heterocycles. The molecule has 0 bridgehead atoms. The van der Waals surface area contributed by atoms with Gasteiger partial charge < -0.3 is 25.0 Å². The standard InChI is InChI=1S/C19H38N4O2/c1-2-20-19(21-10-3-4-12-23-13-5-6-14-23)22-11-8-15-24-17-18-9-7-16-25-18/h18H,2-17H2,1H3,(H2,20,21,22). The van der Waals surface area contributed by atoms with Gasteiger partial charge in [-0.2, -0.15) is 0 Å². The van der Waals surface area contributed by atoms with Crippen molar-refractivity contribution in [2.24, 2.45) is 4.99 Å². The van der Waals surface area contributed by atoms with Crippen LogP contribution in [0.4, 0.5) is 0 Å². The number of ether oxygens (including phenoxy) is 2. The molecule has 0 spiro atoms. The first-order valence-electron chi connectivity index (χ1n) is 10.3. The predicted molar refractivity (Wildman–Crippen MR) is 103 cm³/mol. The molecule has 146 valence electrons. The highest BCUT2D eigenvalue weighted by Crippen LogP contribution is 2.11. The molecule has 6 heteroatoms. The van der Waals surface area contributed by atoms with E-state index in [1.54, 1.807) is 0 Å². The molecule has 0 saturated carbocycles. The molecule has 0 amide bonds. The fraction of sp³-hybridized carbons (Fsp3) is 0.947. The van der Waals surface area contributed by atoms with Gasteiger partial charge in [0, 0.05) is 32.8 Å². The number of hydrogen-bond acceptors (Lipinski definition) is 4. The molecule has 0 aliphatic carbocycles. The van der Waals surface area contributed by atoms with E-state index in [-0.39, 0.29) is 0 Å². The molecule has 2 aliphatic heterocycles. The molecular formula is C19H38N4O2. The van der Waals surface area contributed by atoms with Gasteiger partial charge in [0.05, 0.1) is 12.7 Å². The van der Waals surface area contributed by atoms with Crippen LogP contribution < -0.4 is 10.6 Å². The molecule has 2 rings (SSSR count). The Morgan fingerprint density at radius 1 is 1.16 bits per heavy atom. The van der Waals surface area contributed by atoms with Gasteiger partial charge >= 0.3 is 0 Å². The van der Waals surface area contributed by atoms with Crippen LogP contribution in [0.25, 0.3) is 0 Å². The minimum Gasteiger partial charge on any atom is -0.379 e. The molecule has 0 radical (unpaired) electrons. The Morgan fingerprint density at radius 3 is 2.80 bits per heavy atom. The molecular weight excluding hydrogens is 316 g/mol. The third kappa shape index (κ3) is 9.42. The first-order chi connectivity index (χ1) is 12.4. The van der Waals surface area contributed by atoms with Crippen molar-refractivity contribution in [1.29, 1.82) is 0 Å². The topological polar surface area (TPSA) is 58.1 Å². The van der Waals surface area contributed by atoms with Crippen LogP contribution in [0.3, 0.4) is 0 Å². The number of aliphatic imine (C=N–C) groups is 1. The number of hydrogen-bond donors (Lipinski definition) is 2. The van der Waals surface area contributed by atoms with Crippen LogP contribution in [-0.2, 0) is 9.47 Å². The van der Waals surface area contributed by atoms with E-state index in [4.69, 9.17) is 9.47 Å². The van der Waals surface area contributed by atoms with E-state index in [1.165, 1.54) is 51.7 Å². The Labute approximate surface area is 153 Å². The Hall–Kier alpha value is -0.850. The highest BCUT2D eigenvalue weighted by molar-refractivity contribution is 5.79. The van der Waals surface area contributed by atoms with Crippen molar-refractivity contribution in [2.45, 2.75) is 58.0 Å². The summed E-state index contributed by atoms with van der Waals surface area (Å²) >= 11 is 0. The predicted octanol–water partition coefficient (Wildman–Crippen LogP) is 2.00. The van der Waals surface area contributed by atoms with Gasteiger partial charge in [-0.05, 0) is 71.5 Å². The zero-order valence-electron chi connectivity index (χ0n) is 16.1. The summed E-state index contributed by atoms with van der Waals surface area (Å²) < 4.78 is 11.2. The van der Waals surface area contributed by atoms with Gasteiger partial charge in [0.15, 0.2) is 5.96 Å². The van der Waals surface area contributed by atoms with Crippen molar-refractivity contribution in [3.63, 3.8) is 0 Å². The van der Waals surface area contributed by atoms with Crippen molar-refractivity contribution in [1.82, 2.24) is 15.5 Å². The first kappa shape index (κ1) is 20.5. The summed E-state index contributed by atoms with van der Waals surface area (Å²) in [6.07, 6.45) is 8.83. The van der Waals surface area contributed by atoms with E-state index in [2.05, 4.69) is 27.4 Å². The average molecular weight is 355 g/mol. The zero-order chi connectivity index (χ0) is 17.6. The Kier molecular flexibility index (Phi) is 10.9. The van der Waals surface area contributed by atoms with E-state index < -0.39 is 0 Å². The minimum absolute atomic E-state index is 0.322. The smallest absolute Gasteiger partial charge is 0.191 e. The van der Waals surface area contributed by atoms with Crippen LogP contribution >= 0.6 is 0 Å². The molecule has 1 atom stereocenters. The molecule has 2 aliphatic rings. The molecule has 25 heavy (non-hydrogen) atoms. The number of unbranched alkanes of at least 4 members (excludes halogenated alkanes) is 1. The summed E-state index contributed by atoms with van der Waals surface area (Å²) in [4.78, 5) is 7.21. The Bertz CT molecular complexity index is 353. The lowest BCUT2D eigenvalue weighted by molar-refractivity contribution is 0.0171. The SMILES string of the molecule is CCNC(=NCCCOCC1CCCO1)NCCCCN1CCCC1. The van der Waals surface area contributed by atoms with Crippen LogP contribution in [0.2, 0.25) is 0 Å². The maximum absolute atomic E-state index is 5.68. The van der Waals surface area contributed by atoms with Gasteiger partial charge in [-0.1, -0.05) is 0 Å². The summed E-state index contributed by atoms with van der Waals surface area (Å²) in [6.45, 7) is 11.0. The Balaban J connectivity index is 1.46.